The van der Waals surface area contributed by atoms with Crippen LogP contribution in [0.1, 0.15) is 161 Å². The summed E-state index contributed by atoms with van der Waals surface area (Å²) in [7, 11) is 0. The molecule has 216 valence electrons. The van der Waals surface area contributed by atoms with Crippen molar-refractivity contribution >= 4 is 54.5 Å². The van der Waals surface area contributed by atoms with Crippen LogP contribution in [0.5, 0.6) is 5.75 Å². The number of hydrogen-bond acceptors (Lipinski definition) is 3. The van der Waals surface area contributed by atoms with E-state index >= 15 is 0 Å². The molecule has 3 heterocycles. The first kappa shape index (κ1) is 32.7. The topological polar surface area (TPSA) is 9.23 Å². The van der Waals surface area contributed by atoms with Gasteiger partial charge >= 0.3 is 0 Å². The van der Waals surface area contributed by atoms with Crippen LogP contribution in [0.15, 0.2) is 19.7 Å². The van der Waals surface area contributed by atoms with Crippen LogP contribution >= 0.6 is 54.5 Å². The molecule has 0 fully saturated rings. The summed E-state index contributed by atoms with van der Waals surface area (Å²) in [6.45, 7) is 4.60. The fourth-order valence-electron chi connectivity index (χ4n) is 6.01. The van der Waals surface area contributed by atoms with E-state index in [1.807, 2.05) is 22.7 Å². The summed E-state index contributed by atoms with van der Waals surface area (Å²) in [5.41, 5.74) is 1.29. The van der Waals surface area contributed by atoms with Crippen LogP contribution in [0.25, 0.3) is 9.75 Å². The number of ether oxygens (including phenoxy) is 1. The Hall–Kier alpha value is 0.160. The summed E-state index contributed by atoms with van der Waals surface area (Å²) in [6.07, 6.45) is 29.9. The molecule has 1 aliphatic heterocycles. The quantitative estimate of drug-likeness (QED) is 0.112. The monoisotopic (exact) mass is 686 g/mol. The predicted octanol–water partition coefficient (Wildman–Crippen LogP) is 14.2. The Kier molecular flexibility index (Phi) is 16.0. The van der Waals surface area contributed by atoms with Gasteiger partial charge in [0.15, 0.2) is 0 Å². The molecule has 2 aromatic heterocycles. The summed E-state index contributed by atoms with van der Waals surface area (Å²) in [6, 6.07) is 4.59. The lowest BCUT2D eigenvalue weighted by atomic mass is 9.81. The van der Waals surface area contributed by atoms with Gasteiger partial charge in [-0.15, -0.1) is 22.7 Å². The van der Waals surface area contributed by atoms with E-state index in [4.69, 9.17) is 4.74 Å². The lowest BCUT2D eigenvalue weighted by Gasteiger charge is -2.38. The highest BCUT2D eigenvalue weighted by molar-refractivity contribution is 9.11. The summed E-state index contributed by atoms with van der Waals surface area (Å²) < 4.78 is 9.42. The maximum Gasteiger partial charge on any atom is 0.141 e. The van der Waals surface area contributed by atoms with Gasteiger partial charge < -0.3 is 4.74 Å². The van der Waals surface area contributed by atoms with Gasteiger partial charge in [-0.25, -0.2) is 0 Å². The van der Waals surface area contributed by atoms with Gasteiger partial charge in [-0.1, -0.05) is 129 Å². The van der Waals surface area contributed by atoms with Crippen molar-refractivity contribution in [3.8, 4) is 15.5 Å². The van der Waals surface area contributed by atoms with E-state index in [0.29, 0.717) is 0 Å². The van der Waals surface area contributed by atoms with Gasteiger partial charge in [-0.05, 0) is 63.6 Å². The van der Waals surface area contributed by atoms with Crippen LogP contribution in [0.3, 0.4) is 0 Å². The van der Waals surface area contributed by atoms with Crippen molar-refractivity contribution in [2.24, 2.45) is 0 Å². The highest BCUT2D eigenvalue weighted by Crippen LogP contribution is 2.57. The Morgan fingerprint density at radius 2 is 0.947 bits per heavy atom. The third-order valence-electron chi connectivity index (χ3n) is 8.24. The maximum absolute atomic E-state index is 7.01. The first-order valence-corrected chi connectivity index (χ1v) is 19.1. The molecule has 0 unspecified atom stereocenters. The number of halogens is 2. The molecule has 0 aliphatic carbocycles. The average Bonchev–Trinajstić information content (AvgIpc) is 3.48. The standard InChI is InChI=1S/C33H52Br2OS2/c1-3-5-7-9-11-13-15-17-19-21-23-33(24-22-20-18-16-14-12-10-8-6-4-2)27-25-29(34)37-31(27)32-28(36-33)26-30(35)38-32/h25-26H,3-24H2,1-2H3. The van der Waals surface area contributed by atoms with Crippen LogP contribution in [0, 0.1) is 0 Å². The molecule has 3 rings (SSSR count). The Balaban J connectivity index is 1.51. The van der Waals surface area contributed by atoms with Crippen LogP contribution in [0.2, 0.25) is 0 Å². The molecule has 38 heavy (non-hydrogen) atoms. The van der Waals surface area contributed by atoms with Crippen LogP contribution < -0.4 is 4.74 Å². The maximum atomic E-state index is 7.01. The number of fused-ring (bicyclic) bond motifs is 3. The van der Waals surface area contributed by atoms with E-state index in [0.717, 1.165) is 18.6 Å². The molecule has 1 aliphatic rings. The minimum atomic E-state index is -0.161. The Bertz CT molecular complexity index is 879. The molecule has 0 bridgehead atoms. The van der Waals surface area contributed by atoms with E-state index in [9.17, 15) is 0 Å². The van der Waals surface area contributed by atoms with E-state index < -0.39 is 0 Å². The second-order valence-electron chi connectivity index (χ2n) is 11.5. The van der Waals surface area contributed by atoms with E-state index in [-0.39, 0.29) is 5.60 Å². The van der Waals surface area contributed by atoms with Crippen molar-refractivity contribution in [3.05, 3.63) is 25.3 Å². The van der Waals surface area contributed by atoms with Gasteiger partial charge in [-0.3, -0.25) is 0 Å². The van der Waals surface area contributed by atoms with Crippen molar-refractivity contribution in [1.82, 2.24) is 0 Å². The first-order valence-electron chi connectivity index (χ1n) is 15.9. The molecule has 0 amide bonds. The molecule has 0 aromatic carbocycles. The van der Waals surface area contributed by atoms with Crippen LogP contribution in [0.4, 0.5) is 0 Å². The van der Waals surface area contributed by atoms with Gasteiger partial charge in [0, 0.05) is 11.6 Å². The minimum Gasteiger partial charge on any atom is -0.481 e. The van der Waals surface area contributed by atoms with Gasteiger partial charge in [-0.2, -0.15) is 0 Å². The molecular formula is C33H52Br2OS2. The summed E-state index contributed by atoms with van der Waals surface area (Å²) >= 11 is 11.3. The molecule has 1 nitrogen and oxygen atoms in total. The van der Waals surface area contributed by atoms with Gasteiger partial charge in [0.05, 0.1) is 17.3 Å². The van der Waals surface area contributed by atoms with Crippen LogP contribution in [-0.4, -0.2) is 0 Å². The zero-order valence-electron chi connectivity index (χ0n) is 24.2. The summed E-state index contributed by atoms with van der Waals surface area (Å²) in [5, 5.41) is 0. The first-order chi connectivity index (χ1) is 18.6. The average molecular weight is 689 g/mol. The molecular weight excluding hydrogens is 636 g/mol. The lowest BCUT2D eigenvalue weighted by Crippen LogP contribution is -2.35. The number of unbranched alkanes of at least 4 members (excludes halogenated alkanes) is 18. The summed E-state index contributed by atoms with van der Waals surface area (Å²) in [4.78, 5) is 2.75. The second kappa shape index (κ2) is 18.6. The molecule has 0 N–H and O–H groups in total. The third kappa shape index (κ3) is 10.5. The fraction of sp³-hybridized carbons (Fsp3) is 0.758. The molecule has 0 atom stereocenters. The highest BCUT2D eigenvalue weighted by Gasteiger charge is 2.42. The minimum absolute atomic E-state index is 0.161. The molecule has 2 aromatic rings. The molecule has 0 spiro atoms. The Morgan fingerprint density at radius 1 is 0.553 bits per heavy atom. The van der Waals surface area contributed by atoms with Crippen LogP contribution in [-0.2, 0) is 5.60 Å². The Morgan fingerprint density at radius 3 is 1.42 bits per heavy atom. The zero-order chi connectivity index (χ0) is 27.1. The van der Waals surface area contributed by atoms with E-state index in [2.05, 4.69) is 57.8 Å². The lowest BCUT2D eigenvalue weighted by molar-refractivity contribution is 0.0396. The van der Waals surface area contributed by atoms with Crippen molar-refractivity contribution in [1.29, 1.82) is 0 Å². The van der Waals surface area contributed by atoms with Crippen molar-refractivity contribution in [2.75, 3.05) is 0 Å². The van der Waals surface area contributed by atoms with E-state index in [1.54, 1.807) is 0 Å². The smallest absolute Gasteiger partial charge is 0.141 e. The van der Waals surface area contributed by atoms with Crippen molar-refractivity contribution in [2.45, 2.75) is 161 Å². The molecule has 0 saturated carbocycles. The normalized spacial score (nSPS) is 13.9. The number of hydrogen-bond donors (Lipinski definition) is 0. The largest absolute Gasteiger partial charge is 0.481 e. The Labute approximate surface area is 259 Å². The number of thiophene rings is 2. The fourth-order valence-corrected chi connectivity index (χ4v) is 9.35. The van der Waals surface area contributed by atoms with E-state index in [1.165, 1.54) is 151 Å². The summed E-state index contributed by atoms with van der Waals surface area (Å²) in [5.74, 6) is 1.10. The number of rotatable bonds is 22. The zero-order valence-corrected chi connectivity index (χ0v) is 29.0. The van der Waals surface area contributed by atoms with Crippen molar-refractivity contribution < 1.29 is 4.74 Å². The molecule has 0 radical (unpaired) electrons. The third-order valence-corrected chi connectivity index (χ3v) is 11.7. The van der Waals surface area contributed by atoms with Gasteiger partial charge in [0.1, 0.15) is 11.4 Å². The van der Waals surface area contributed by atoms with Gasteiger partial charge in [0.2, 0.25) is 0 Å². The van der Waals surface area contributed by atoms with Gasteiger partial charge in [0.25, 0.3) is 0 Å². The highest BCUT2D eigenvalue weighted by atomic mass is 79.9. The van der Waals surface area contributed by atoms with Crippen molar-refractivity contribution in [3.63, 3.8) is 0 Å². The molecule has 5 heteroatoms. The predicted molar refractivity (Wildman–Crippen MR) is 178 cm³/mol. The second-order valence-corrected chi connectivity index (χ2v) is 16.4. The SMILES string of the molecule is CCCCCCCCCCCCC1(CCCCCCCCCCCC)Oc2cc(Br)sc2-c2sc(Br)cc21. The molecule has 0 saturated heterocycles.